The van der Waals surface area contributed by atoms with Crippen LogP contribution in [0.1, 0.15) is 43.9 Å². The number of hydrazine groups is 1. The van der Waals surface area contributed by atoms with Gasteiger partial charge in [-0.05, 0) is 53.1 Å². The van der Waals surface area contributed by atoms with Crippen molar-refractivity contribution in [2.75, 3.05) is 26.9 Å². The maximum atomic E-state index is 15.1. The van der Waals surface area contributed by atoms with Crippen LogP contribution in [0.25, 0.3) is 11.1 Å². The first-order valence-corrected chi connectivity index (χ1v) is 17.3. The van der Waals surface area contributed by atoms with Gasteiger partial charge in [-0.1, -0.05) is 57.2 Å². The van der Waals surface area contributed by atoms with E-state index >= 15 is 4.39 Å². The van der Waals surface area contributed by atoms with Crippen molar-refractivity contribution in [2.45, 2.75) is 70.7 Å². The Labute approximate surface area is 307 Å². The lowest BCUT2D eigenvalue weighted by Gasteiger charge is -2.34. The number of halogens is 1. The van der Waals surface area contributed by atoms with Crippen LogP contribution in [-0.2, 0) is 36.7 Å². The summed E-state index contributed by atoms with van der Waals surface area (Å²) in [7, 11) is 1.19. The Morgan fingerprint density at radius 1 is 1.09 bits per heavy atom. The number of rotatable bonds is 13. The van der Waals surface area contributed by atoms with Gasteiger partial charge in [0.05, 0.1) is 50.0 Å². The van der Waals surface area contributed by atoms with Crippen molar-refractivity contribution < 1.29 is 42.8 Å². The number of alkyl carbamates (subject to hydrolysis) is 1. The summed E-state index contributed by atoms with van der Waals surface area (Å²) in [5.74, 6) is -1.39. The summed E-state index contributed by atoms with van der Waals surface area (Å²) in [6.07, 6.45) is 0.187. The summed E-state index contributed by atoms with van der Waals surface area (Å²) < 4.78 is 36.7. The molecule has 3 aromatic rings. The molecule has 0 aliphatic carbocycles. The number of aromatic nitrogens is 1. The molecule has 0 saturated carbocycles. The maximum absolute atomic E-state index is 15.1. The van der Waals surface area contributed by atoms with Crippen LogP contribution in [0.15, 0.2) is 67.0 Å². The average molecular weight is 733 g/mol. The molecule has 3 amide bonds. The van der Waals surface area contributed by atoms with E-state index in [1.807, 2.05) is 42.5 Å². The first-order chi connectivity index (χ1) is 25.3. The van der Waals surface area contributed by atoms with Gasteiger partial charge in [-0.3, -0.25) is 15.2 Å². The van der Waals surface area contributed by atoms with Gasteiger partial charge in [-0.25, -0.2) is 19.0 Å². The Hall–Kier alpha value is -5.14. The molecule has 14 nitrogen and oxygen atoms in total. The van der Waals surface area contributed by atoms with Gasteiger partial charge in [-0.2, -0.15) is 5.26 Å². The number of nitrogens with zero attached hydrogens (tertiary/aromatic N) is 3. The number of amides is 3. The van der Waals surface area contributed by atoms with E-state index in [1.54, 1.807) is 33.2 Å². The number of pyridine rings is 1. The van der Waals surface area contributed by atoms with E-state index in [0.717, 1.165) is 22.8 Å². The quantitative estimate of drug-likeness (QED) is 0.187. The second-order valence-electron chi connectivity index (χ2n) is 14.1. The van der Waals surface area contributed by atoms with Crippen molar-refractivity contribution in [3.8, 4) is 17.2 Å². The molecule has 2 fully saturated rings. The van der Waals surface area contributed by atoms with Gasteiger partial charge in [0, 0.05) is 31.0 Å². The number of carbonyl (C=O) groups is 3. The predicted octanol–water partition coefficient (Wildman–Crippen LogP) is 3.82. The molecule has 0 bridgehead atoms. The number of nitriles is 1. The van der Waals surface area contributed by atoms with Gasteiger partial charge in [0.1, 0.15) is 18.0 Å². The maximum Gasteiger partial charge on any atom is 0.422 e. The number of aliphatic hydroxyl groups is 1. The monoisotopic (exact) mass is 732 g/mol. The Morgan fingerprint density at radius 3 is 2.53 bits per heavy atom. The van der Waals surface area contributed by atoms with E-state index in [4.69, 9.17) is 18.9 Å². The highest BCUT2D eigenvalue weighted by molar-refractivity contribution is 5.86. The molecule has 282 valence electrons. The molecular formula is C38H45FN6O8. The average Bonchev–Trinajstić information content (AvgIpc) is 3.76. The number of aliphatic hydroxyl groups excluding tert-OH is 1. The van der Waals surface area contributed by atoms with Crippen LogP contribution < -0.4 is 16.1 Å². The van der Waals surface area contributed by atoms with Crippen molar-refractivity contribution in [1.29, 1.82) is 5.26 Å². The summed E-state index contributed by atoms with van der Waals surface area (Å²) in [4.78, 5) is 43.5. The second kappa shape index (κ2) is 17.6. The van der Waals surface area contributed by atoms with Gasteiger partial charge in [0.15, 0.2) is 6.29 Å². The van der Waals surface area contributed by atoms with Crippen molar-refractivity contribution in [1.82, 2.24) is 26.1 Å². The van der Waals surface area contributed by atoms with E-state index in [-0.39, 0.29) is 43.2 Å². The molecule has 6 atom stereocenters. The molecule has 2 aromatic carbocycles. The fourth-order valence-electron chi connectivity index (χ4n) is 6.32. The highest BCUT2D eigenvalue weighted by atomic mass is 19.1. The number of fused-ring (bicyclic) bond motifs is 1. The number of ether oxygens (including phenoxy) is 4. The normalized spacial score (nSPS) is 19.7. The lowest BCUT2D eigenvalue weighted by Crippen LogP contribution is -2.59. The smallest absolute Gasteiger partial charge is 0.422 e. The zero-order valence-corrected chi connectivity index (χ0v) is 30.1. The van der Waals surface area contributed by atoms with Crippen molar-refractivity contribution in [3.63, 3.8) is 0 Å². The molecule has 0 spiro atoms. The van der Waals surface area contributed by atoms with Gasteiger partial charge in [0.25, 0.3) is 0 Å². The second-order valence-corrected chi connectivity index (χ2v) is 14.1. The third-order valence-corrected chi connectivity index (χ3v) is 9.22. The van der Waals surface area contributed by atoms with Crippen LogP contribution in [0.2, 0.25) is 0 Å². The van der Waals surface area contributed by atoms with Crippen LogP contribution in [0.5, 0.6) is 0 Å². The fourth-order valence-corrected chi connectivity index (χ4v) is 6.32. The van der Waals surface area contributed by atoms with Crippen molar-refractivity contribution in [3.05, 3.63) is 89.5 Å². The van der Waals surface area contributed by atoms with E-state index in [0.29, 0.717) is 13.0 Å². The number of methoxy groups -OCH3 is 1. The highest BCUT2D eigenvalue weighted by Gasteiger charge is 2.44. The molecule has 2 saturated heterocycles. The van der Waals surface area contributed by atoms with E-state index in [9.17, 15) is 24.8 Å². The third kappa shape index (κ3) is 10.5. The van der Waals surface area contributed by atoms with Gasteiger partial charge in [0.2, 0.25) is 5.91 Å². The largest absolute Gasteiger partial charge is 0.453 e. The predicted molar refractivity (Wildman–Crippen MR) is 189 cm³/mol. The van der Waals surface area contributed by atoms with E-state index in [1.165, 1.54) is 24.3 Å². The molecule has 53 heavy (non-hydrogen) atoms. The lowest BCUT2D eigenvalue weighted by molar-refractivity contribution is -0.127. The molecule has 5 rings (SSSR count). The van der Waals surface area contributed by atoms with Crippen LogP contribution in [-0.4, -0.2) is 90.6 Å². The molecular weight excluding hydrogens is 687 g/mol. The molecule has 15 heteroatoms. The van der Waals surface area contributed by atoms with E-state index in [2.05, 4.69) is 21.0 Å². The minimum absolute atomic E-state index is 0.117. The summed E-state index contributed by atoms with van der Waals surface area (Å²) in [5.41, 5.74) is 4.72. The van der Waals surface area contributed by atoms with Gasteiger partial charge < -0.3 is 34.7 Å². The zero-order valence-electron chi connectivity index (χ0n) is 30.1. The minimum atomic E-state index is -1.36. The number of nitrogens with one attached hydrogen (secondary N) is 3. The highest BCUT2D eigenvalue weighted by Crippen LogP contribution is 2.33. The fraction of sp³-hybridized carbons (Fsp3) is 0.447. The molecule has 2 aliphatic rings. The van der Waals surface area contributed by atoms with Crippen LogP contribution in [0.4, 0.5) is 14.0 Å². The number of hydrogen-bond donors (Lipinski definition) is 4. The molecule has 4 N–H and O–H groups in total. The number of hydrogen-bond acceptors (Lipinski definition) is 11. The summed E-state index contributed by atoms with van der Waals surface area (Å²) >= 11 is 0. The lowest BCUT2D eigenvalue weighted by atomic mass is 9.85. The Kier molecular flexibility index (Phi) is 13.0. The molecule has 0 radical (unpaired) electrons. The number of carbonyl (C=O) groups excluding carboxylic acids is 3. The summed E-state index contributed by atoms with van der Waals surface area (Å²) in [6.45, 7) is 5.43. The molecule has 1 aromatic heterocycles. The molecule has 2 aliphatic heterocycles. The number of benzene rings is 2. The van der Waals surface area contributed by atoms with E-state index < -0.39 is 59.9 Å². The van der Waals surface area contributed by atoms with Gasteiger partial charge >= 0.3 is 12.2 Å². The van der Waals surface area contributed by atoms with Crippen molar-refractivity contribution in [2.24, 2.45) is 11.3 Å². The SMILES string of the molecule is COC(=O)NC(C(=O)NC(Cc1ccc(-c2cccnc2)cc1)C(O)CN(Cc1ccc(C#N)cc1F)NC(=O)OC1COC2OCCC12)C(C)(C)C. The van der Waals surface area contributed by atoms with Crippen molar-refractivity contribution >= 4 is 18.1 Å². The Balaban J connectivity index is 1.39. The Morgan fingerprint density at radius 2 is 1.87 bits per heavy atom. The van der Waals surface area contributed by atoms with Crippen LogP contribution in [0, 0.1) is 28.5 Å². The standard InChI is InChI=1S/C38H45FN6O8/c1-38(2,3)33(43-36(48)50-4)34(47)42-30(17-23-7-10-25(11-8-23)26-6-5-14-41-19-26)31(46)21-45(20-27-12-9-24(18-40)16-29(27)39)44-37(49)53-32-22-52-35-28(32)13-15-51-35/h5-12,14,16,19,28,30-33,35,46H,13,15,17,20-22H2,1-4H3,(H,42,47)(H,43,48)(H,44,49). The van der Waals surface area contributed by atoms with Crippen LogP contribution >= 0.6 is 0 Å². The minimum Gasteiger partial charge on any atom is -0.453 e. The summed E-state index contributed by atoms with van der Waals surface area (Å²) in [6, 6.07) is 15.1. The Bertz CT molecular complexity index is 1770. The zero-order chi connectivity index (χ0) is 38.1. The third-order valence-electron chi connectivity index (χ3n) is 9.22. The first-order valence-electron chi connectivity index (χ1n) is 17.3. The molecule has 3 heterocycles. The van der Waals surface area contributed by atoms with Gasteiger partial charge in [-0.15, -0.1) is 0 Å². The summed E-state index contributed by atoms with van der Waals surface area (Å²) in [5, 5.41) is 27.8. The van der Waals surface area contributed by atoms with Crippen LogP contribution in [0.3, 0.4) is 0 Å². The molecule has 6 unspecified atom stereocenters. The first kappa shape index (κ1) is 39.1. The topological polar surface area (TPSA) is 184 Å².